The van der Waals surface area contributed by atoms with Crippen molar-refractivity contribution in [2.24, 2.45) is 0 Å². The van der Waals surface area contributed by atoms with E-state index < -0.39 is 11.7 Å². The molecule has 1 saturated carbocycles. The van der Waals surface area contributed by atoms with Crippen molar-refractivity contribution >= 4 is 35.1 Å². The Hall–Kier alpha value is -2.08. The number of carbonyl (C=O) groups excluding carboxylic acids is 1. The lowest BCUT2D eigenvalue weighted by Crippen LogP contribution is -2.49. The first-order chi connectivity index (χ1) is 15.3. The molecule has 1 amide bonds. The lowest BCUT2D eigenvalue weighted by Gasteiger charge is -2.35. The number of hydrogen-bond acceptors (Lipinski definition) is 7. The van der Waals surface area contributed by atoms with E-state index in [1.165, 1.54) is 18.2 Å². The molecule has 8 nitrogen and oxygen atoms in total. The fourth-order valence-electron chi connectivity index (χ4n) is 4.04. The fourth-order valence-corrected chi connectivity index (χ4v) is 5.17. The van der Waals surface area contributed by atoms with Gasteiger partial charge in [0.25, 0.3) is 0 Å². The van der Waals surface area contributed by atoms with E-state index >= 15 is 0 Å². The third-order valence-corrected chi connectivity index (χ3v) is 6.99. The Balaban J connectivity index is 1.30. The Morgan fingerprint density at radius 3 is 2.53 bits per heavy atom. The predicted molar refractivity (Wildman–Crippen MR) is 114 cm³/mol. The molecule has 4 rings (SSSR count). The van der Waals surface area contributed by atoms with Gasteiger partial charge in [0.1, 0.15) is 5.82 Å². The number of halogens is 4. The normalized spacial score (nSPS) is 18.2. The SMILES string of the molecule is O=C(CSc1nnnn1C1CCCCC1)N1CCN(c2ncc(C(F)(F)F)cc2Cl)CC1. The average molecular weight is 490 g/mol. The van der Waals surface area contributed by atoms with Crippen LogP contribution in [0.15, 0.2) is 17.4 Å². The first kappa shape index (κ1) is 23.1. The molecule has 174 valence electrons. The summed E-state index contributed by atoms with van der Waals surface area (Å²) in [5, 5.41) is 12.6. The van der Waals surface area contributed by atoms with Crippen LogP contribution < -0.4 is 4.90 Å². The number of rotatable bonds is 5. The molecule has 2 fully saturated rings. The van der Waals surface area contributed by atoms with Gasteiger partial charge in [0.2, 0.25) is 11.1 Å². The van der Waals surface area contributed by atoms with Crippen LogP contribution in [0.3, 0.4) is 0 Å². The highest BCUT2D eigenvalue weighted by Gasteiger charge is 2.32. The third kappa shape index (κ3) is 5.28. The van der Waals surface area contributed by atoms with Gasteiger partial charge in [-0.1, -0.05) is 42.6 Å². The number of pyridine rings is 1. The molecule has 1 aliphatic carbocycles. The van der Waals surface area contributed by atoms with Crippen LogP contribution in [-0.4, -0.2) is 67.9 Å². The maximum atomic E-state index is 12.8. The number of piperazine rings is 1. The van der Waals surface area contributed by atoms with E-state index in [1.807, 2.05) is 4.68 Å². The summed E-state index contributed by atoms with van der Waals surface area (Å²) < 4.78 is 40.3. The molecule has 0 aromatic carbocycles. The predicted octanol–water partition coefficient (Wildman–Crippen LogP) is 3.69. The highest BCUT2D eigenvalue weighted by Crippen LogP contribution is 2.34. The van der Waals surface area contributed by atoms with E-state index in [0.717, 1.165) is 37.9 Å². The highest BCUT2D eigenvalue weighted by molar-refractivity contribution is 7.99. The molecule has 1 saturated heterocycles. The first-order valence-corrected chi connectivity index (χ1v) is 11.9. The molecule has 2 aliphatic rings. The zero-order valence-corrected chi connectivity index (χ0v) is 18.8. The van der Waals surface area contributed by atoms with Gasteiger partial charge in [0.05, 0.1) is 22.4 Å². The number of aromatic nitrogens is 5. The summed E-state index contributed by atoms with van der Waals surface area (Å²) in [7, 11) is 0. The summed E-state index contributed by atoms with van der Waals surface area (Å²) >= 11 is 7.38. The second-order valence-electron chi connectivity index (χ2n) is 7.88. The molecule has 1 aliphatic heterocycles. The van der Waals surface area contributed by atoms with Crippen LogP contribution in [0, 0.1) is 0 Å². The van der Waals surface area contributed by atoms with Crippen LogP contribution >= 0.6 is 23.4 Å². The lowest BCUT2D eigenvalue weighted by atomic mass is 9.96. The molecule has 32 heavy (non-hydrogen) atoms. The van der Waals surface area contributed by atoms with Gasteiger partial charge in [0.15, 0.2) is 0 Å². The molecule has 0 atom stereocenters. The summed E-state index contributed by atoms with van der Waals surface area (Å²) in [6.07, 6.45) is 1.95. The molecule has 3 heterocycles. The van der Waals surface area contributed by atoms with Crippen molar-refractivity contribution < 1.29 is 18.0 Å². The lowest BCUT2D eigenvalue weighted by molar-refractivity contribution is -0.137. The maximum absolute atomic E-state index is 12.8. The van der Waals surface area contributed by atoms with Crippen LogP contribution in [-0.2, 0) is 11.0 Å². The zero-order valence-electron chi connectivity index (χ0n) is 17.3. The summed E-state index contributed by atoms with van der Waals surface area (Å²) in [6.45, 7) is 1.75. The van der Waals surface area contributed by atoms with Gasteiger partial charge in [-0.05, 0) is 29.3 Å². The largest absolute Gasteiger partial charge is 0.417 e. The number of hydrogen-bond donors (Lipinski definition) is 0. The van der Waals surface area contributed by atoms with Crippen molar-refractivity contribution in [1.82, 2.24) is 30.1 Å². The Labute approximate surface area is 192 Å². The standard InChI is InChI=1S/C19H23ClF3N7OS/c20-15-10-13(19(21,22)23)11-24-17(15)29-8-6-28(7-9-29)16(31)12-32-18-25-26-27-30(18)14-4-2-1-3-5-14/h10-11,14H,1-9,12H2. The smallest absolute Gasteiger partial charge is 0.352 e. The first-order valence-electron chi connectivity index (χ1n) is 10.5. The van der Waals surface area contributed by atoms with Crippen LogP contribution in [0.5, 0.6) is 0 Å². The zero-order chi connectivity index (χ0) is 22.7. The van der Waals surface area contributed by atoms with Crippen LogP contribution in [0.4, 0.5) is 19.0 Å². The molecular formula is C19H23ClF3N7OS. The Morgan fingerprint density at radius 1 is 1.16 bits per heavy atom. The fraction of sp³-hybridized carbons (Fsp3) is 0.632. The van der Waals surface area contributed by atoms with E-state index in [2.05, 4.69) is 20.5 Å². The number of carbonyl (C=O) groups is 1. The van der Waals surface area contributed by atoms with Crippen molar-refractivity contribution in [3.8, 4) is 0 Å². The van der Waals surface area contributed by atoms with Gasteiger partial charge < -0.3 is 9.80 Å². The number of nitrogens with zero attached hydrogens (tertiary/aromatic N) is 7. The second kappa shape index (κ2) is 9.82. The van der Waals surface area contributed by atoms with E-state index in [1.54, 1.807) is 9.80 Å². The van der Waals surface area contributed by atoms with Crippen LogP contribution in [0.2, 0.25) is 5.02 Å². The molecule has 0 bridgehead atoms. The minimum Gasteiger partial charge on any atom is -0.352 e. The summed E-state index contributed by atoms with van der Waals surface area (Å²) in [6, 6.07) is 1.18. The minimum atomic E-state index is -4.49. The number of alkyl halides is 3. The Kier molecular flexibility index (Phi) is 7.08. The quantitative estimate of drug-likeness (QED) is 0.592. The average Bonchev–Trinajstić information content (AvgIpc) is 3.26. The molecule has 2 aromatic heterocycles. The molecule has 0 radical (unpaired) electrons. The van der Waals surface area contributed by atoms with E-state index in [9.17, 15) is 18.0 Å². The monoisotopic (exact) mass is 489 g/mol. The van der Waals surface area contributed by atoms with Crippen molar-refractivity contribution in [2.75, 3.05) is 36.8 Å². The molecule has 0 spiro atoms. The van der Waals surface area contributed by atoms with Crippen molar-refractivity contribution in [2.45, 2.75) is 49.5 Å². The van der Waals surface area contributed by atoms with Crippen LogP contribution in [0.25, 0.3) is 0 Å². The summed E-state index contributed by atoms with van der Waals surface area (Å²) in [4.78, 5) is 20.1. The maximum Gasteiger partial charge on any atom is 0.417 e. The summed E-state index contributed by atoms with van der Waals surface area (Å²) in [5.74, 6) is 0.499. The van der Waals surface area contributed by atoms with Gasteiger partial charge in [-0.15, -0.1) is 5.10 Å². The number of tetrazole rings is 1. The molecule has 2 aromatic rings. The van der Waals surface area contributed by atoms with Gasteiger partial charge in [0, 0.05) is 32.4 Å². The Bertz CT molecular complexity index is 943. The van der Waals surface area contributed by atoms with Gasteiger partial charge in [-0.25, -0.2) is 9.67 Å². The van der Waals surface area contributed by atoms with Gasteiger partial charge >= 0.3 is 6.18 Å². The molecular weight excluding hydrogens is 467 g/mol. The highest BCUT2D eigenvalue weighted by atomic mass is 35.5. The number of thioether (sulfide) groups is 1. The molecule has 0 N–H and O–H groups in total. The van der Waals surface area contributed by atoms with Crippen molar-refractivity contribution in [3.63, 3.8) is 0 Å². The topological polar surface area (TPSA) is 80.0 Å². The second-order valence-corrected chi connectivity index (χ2v) is 9.23. The van der Waals surface area contributed by atoms with Gasteiger partial charge in [-0.2, -0.15) is 13.2 Å². The van der Waals surface area contributed by atoms with E-state index in [-0.39, 0.29) is 16.7 Å². The van der Waals surface area contributed by atoms with Crippen LogP contribution in [0.1, 0.15) is 43.7 Å². The van der Waals surface area contributed by atoms with Crippen molar-refractivity contribution in [1.29, 1.82) is 0 Å². The number of amides is 1. The van der Waals surface area contributed by atoms with E-state index in [0.29, 0.717) is 43.2 Å². The van der Waals surface area contributed by atoms with Gasteiger partial charge in [-0.3, -0.25) is 4.79 Å². The van der Waals surface area contributed by atoms with E-state index in [4.69, 9.17) is 11.6 Å². The molecule has 0 unspecified atom stereocenters. The third-order valence-electron chi connectivity index (χ3n) is 5.79. The minimum absolute atomic E-state index is 0.0284. The number of anilines is 1. The molecule has 13 heteroatoms. The summed E-state index contributed by atoms with van der Waals surface area (Å²) in [5.41, 5.74) is -0.882. The Morgan fingerprint density at radius 2 is 1.88 bits per heavy atom. The van der Waals surface area contributed by atoms with Crippen molar-refractivity contribution in [3.05, 3.63) is 22.8 Å².